The molecule has 4 aromatic rings. The number of rotatable bonds is 6. The Morgan fingerprint density at radius 3 is 2.67 bits per heavy atom. The molecule has 0 saturated carbocycles. The summed E-state index contributed by atoms with van der Waals surface area (Å²) in [5.41, 5.74) is 5.97. The minimum Gasteiger partial charge on any atom is -0.395 e. The van der Waals surface area contributed by atoms with Crippen LogP contribution >= 0.6 is 0 Å². The predicted molar refractivity (Wildman–Crippen MR) is 118 cm³/mol. The first-order chi connectivity index (χ1) is 14.6. The van der Waals surface area contributed by atoms with E-state index in [2.05, 4.69) is 38.4 Å². The van der Waals surface area contributed by atoms with Crippen LogP contribution in [-0.2, 0) is 0 Å². The fourth-order valence-electron chi connectivity index (χ4n) is 3.29. The fraction of sp³-hybridized carbons (Fsp3) is 0.174. The third-order valence-corrected chi connectivity index (χ3v) is 4.87. The number of aliphatic hydroxyl groups is 1. The molecule has 0 aliphatic carbocycles. The maximum Gasteiger partial charge on any atom is 0.251 e. The highest BCUT2D eigenvalue weighted by Crippen LogP contribution is 2.26. The molecule has 2 heterocycles. The first kappa shape index (κ1) is 19.6. The summed E-state index contributed by atoms with van der Waals surface area (Å²) in [4.78, 5) is 23.3. The van der Waals surface area contributed by atoms with Crippen molar-refractivity contribution in [2.24, 2.45) is 0 Å². The van der Waals surface area contributed by atoms with Crippen LogP contribution in [0, 0.1) is 0 Å². The van der Waals surface area contributed by atoms with E-state index in [0.717, 1.165) is 33.8 Å². The van der Waals surface area contributed by atoms with Crippen LogP contribution < -0.4 is 10.2 Å². The van der Waals surface area contributed by atoms with Gasteiger partial charge in [-0.15, -0.1) is 0 Å². The molecular weight excluding hydrogens is 378 g/mol. The zero-order valence-corrected chi connectivity index (χ0v) is 16.9. The van der Waals surface area contributed by atoms with Gasteiger partial charge in [-0.05, 0) is 24.3 Å². The molecule has 2 aromatic carbocycles. The number of aromatic nitrogens is 3. The lowest BCUT2D eigenvalue weighted by atomic mass is 10.1. The molecule has 0 radical (unpaired) electrons. The second kappa shape index (κ2) is 8.34. The van der Waals surface area contributed by atoms with Crippen molar-refractivity contribution in [3.63, 3.8) is 0 Å². The van der Waals surface area contributed by atoms with Crippen molar-refractivity contribution in [3.8, 4) is 22.5 Å². The van der Waals surface area contributed by atoms with Gasteiger partial charge in [0.05, 0.1) is 30.4 Å². The van der Waals surface area contributed by atoms with Crippen molar-refractivity contribution < 1.29 is 9.90 Å². The van der Waals surface area contributed by atoms with Crippen molar-refractivity contribution in [1.82, 2.24) is 19.7 Å². The summed E-state index contributed by atoms with van der Waals surface area (Å²) >= 11 is 0. The number of hydrogen-bond donors (Lipinski definition) is 2. The normalized spacial score (nSPS) is 10.9. The lowest BCUT2D eigenvalue weighted by molar-refractivity contribution is 0.0945. The van der Waals surface area contributed by atoms with E-state index < -0.39 is 0 Å². The molecule has 4 rings (SSSR count). The number of amides is 1. The average molecular weight is 401 g/mol. The quantitative estimate of drug-likeness (QED) is 0.519. The zero-order valence-electron chi connectivity index (χ0n) is 16.9. The van der Waals surface area contributed by atoms with Crippen molar-refractivity contribution >= 4 is 17.2 Å². The van der Waals surface area contributed by atoms with Crippen LogP contribution in [0.25, 0.3) is 28.2 Å². The summed E-state index contributed by atoms with van der Waals surface area (Å²) < 4.78 is 2.01. The maximum atomic E-state index is 12.2. The highest BCUT2D eigenvalue weighted by molar-refractivity contribution is 5.95. The Morgan fingerprint density at radius 2 is 1.87 bits per heavy atom. The highest BCUT2D eigenvalue weighted by atomic mass is 16.3. The first-order valence-corrected chi connectivity index (χ1v) is 9.67. The van der Waals surface area contributed by atoms with Gasteiger partial charge < -0.3 is 15.3 Å². The Balaban J connectivity index is 1.73. The summed E-state index contributed by atoms with van der Waals surface area (Å²) in [7, 11) is 4.03. The van der Waals surface area contributed by atoms with Crippen LogP contribution in [0.2, 0.25) is 0 Å². The van der Waals surface area contributed by atoms with Crippen molar-refractivity contribution in [1.29, 1.82) is 0 Å². The molecule has 0 spiro atoms. The summed E-state index contributed by atoms with van der Waals surface area (Å²) in [6.45, 7) is 0.125. The molecule has 2 N–H and O–H groups in total. The van der Waals surface area contributed by atoms with Gasteiger partial charge in [-0.1, -0.05) is 24.3 Å². The number of imidazole rings is 1. The van der Waals surface area contributed by atoms with Gasteiger partial charge in [0.2, 0.25) is 0 Å². The second-order valence-electron chi connectivity index (χ2n) is 7.15. The van der Waals surface area contributed by atoms with E-state index in [1.165, 1.54) is 0 Å². The molecule has 0 aliphatic heterocycles. The molecule has 0 unspecified atom stereocenters. The van der Waals surface area contributed by atoms with Crippen LogP contribution in [0.4, 0.5) is 5.69 Å². The number of hydrogen-bond acceptors (Lipinski definition) is 5. The van der Waals surface area contributed by atoms with Gasteiger partial charge in [-0.25, -0.2) is 4.98 Å². The molecule has 0 fully saturated rings. The van der Waals surface area contributed by atoms with Crippen LogP contribution in [0.5, 0.6) is 0 Å². The average Bonchev–Trinajstić information content (AvgIpc) is 3.21. The molecule has 0 saturated heterocycles. The van der Waals surface area contributed by atoms with E-state index in [1.807, 2.05) is 49.1 Å². The largest absolute Gasteiger partial charge is 0.395 e. The highest BCUT2D eigenvalue weighted by Gasteiger charge is 2.11. The van der Waals surface area contributed by atoms with Crippen LogP contribution in [-0.4, -0.2) is 52.6 Å². The third-order valence-electron chi connectivity index (χ3n) is 4.87. The summed E-state index contributed by atoms with van der Waals surface area (Å²) in [6, 6.07) is 15.5. The lowest BCUT2D eigenvalue weighted by Gasteiger charge is -2.13. The molecule has 30 heavy (non-hydrogen) atoms. The van der Waals surface area contributed by atoms with Gasteiger partial charge >= 0.3 is 0 Å². The molecule has 7 nitrogen and oxygen atoms in total. The Labute approximate surface area is 174 Å². The van der Waals surface area contributed by atoms with Crippen molar-refractivity contribution in [3.05, 3.63) is 72.7 Å². The third kappa shape index (κ3) is 3.88. The fourth-order valence-corrected chi connectivity index (χ4v) is 3.29. The smallest absolute Gasteiger partial charge is 0.251 e. The SMILES string of the molecule is CN(C)c1cccc(-c2cnc3cnc(-c4cccc(C(=O)NCCO)c4)cn23)c1. The molecule has 0 aliphatic rings. The van der Waals surface area contributed by atoms with E-state index in [9.17, 15) is 4.79 Å². The van der Waals surface area contributed by atoms with Crippen molar-refractivity contribution in [2.45, 2.75) is 0 Å². The molecule has 0 bridgehead atoms. The van der Waals surface area contributed by atoms with E-state index >= 15 is 0 Å². The number of fused-ring (bicyclic) bond motifs is 1. The van der Waals surface area contributed by atoms with Crippen LogP contribution in [0.1, 0.15) is 10.4 Å². The first-order valence-electron chi connectivity index (χ1n) is 9.67. The molecular formula is C23H23N5O2. The minimum absolute atomic E-state index is 0.0952. The summed E-state index contributed by atoms with van der Waals surface area (Å²) in [5, 5.41) is 11.6. The number of anilines is 1. The standard InChI is InChI=1S/C23H23N5O2/c1-27(2)19-8-4-6-17(12-19)21-13-26-22-14-25-20(15-28(21)22)16-5-3-7-18(11-16)23(30)24-9-10-29/h3-8,11-15,29H,9-10H2,1-2H3,(H,24,30). The Morgan fingerprint density at radius 1 is 1.07 bits per heavy atom. The van der Waals surface area contributed by atoms with Crippen LogP contribution in [0.15, 0.2) is 67.1 Å². The van der Waals surface area contributed by atoms with Gasteiger partial charge in [0, 0.05) is 49.2 Å². The van der Waals surface area contributed by atoms with Gasteiger partial charge in [-0.3, -0.25) is 14.2 Å². The Hall–Kier alpha value is -3.71. The van der Waals surface area contributed by atoms with E-state index in [0.29, 0.717) is 5.56 Å². The molecule has 152 valence electrons. The van der Waals surface area contributed by atoms with E-state index in [4.69, 9.17) is 5.11 Å². The summed E-state index contributed by atoms with van der Waals surface area (Å²) in [5.74, 6) is -0.226. The molecule has 0 atom stereocenters. The maximum absolute atomic E-state index is 12.2. The van der Waals surface area contributed by atoms with Gasteiger partial charge in [-0.2, -0.15) is 0 Å². The Bertz CT molecular complexity index is 1200. The van der Waals surface area contributed by atoms with Gasteiger partial charge in [0.25, 0.3) is 5.91 Å². The topological polar surface area (TPSA) is 82.8 Å². The second-order valence-corrected chi connectivity index (χ2v) is 7.15. The zero-order chi connectivity index (χ0) is 21.1. The van der Waals surface area contributed by atoms with Crippen LogP contribution in [0.3, 0.4) is 0 Å². The number of nitrogens with zero attached hydrogens (tertiary/aromatic N) is 4. The number of nitrogens with one attached hydrogen (secondary N) is 1. The van der Waals surface area contributed by atoms with Crippen molar-refractivity contribution in [2.75, 3.05) is 32.1 Å². The predicted octanol–water partition coefficient (Wildman–Crippen LogP) is 2.85. The molecule has 2 aromatic heterocycles. The number of carbonyl (C=O) groups is 1. The van der Waals surface area contributed by atoms with E-state index in [-0.39, 0.29) is 19.1 Å². The summed E-state index contributed by atoms with van der Waals surface area (Å²) in [6.07, 6.45) is 5.51. The monoisotopic (exact) mass is 401 g/mol. The number of carbonyl (C=O) groups excluding carboxylic acids is 1. The minimum atomic E-state index is -0.226. The number of aliphatic hydroxyl groups excluding tert-OH is 1. The van der Waals surface area contributed by atoms with Gasteiger partial charge in [0.15, 0.2) is 5.65 Å². The Kier molecular flexibility index (Phi) is 5.45. The van der Waals surface area contributed by atoms with Gasteiger partial charge in [0.1, 0.15) is 0 Å². The van der Waals surface area contributed by atoms with E-state index in [1.54, 1.807) is 18.3 Å². The number of benzene rings is 2. The molecule has 1 amide bonds. The lowest BCUT2D eigenvalue weighted by Crippen LogP contribution is -2.26. The molecule has 7 heteroatoms.